The van der Waals surface area contributed by atoms with E-state index in [0.717, 1.165) is 50.2 Å². The molecule has 4 heteroatoms. The van der Waals surface area contributed by atoms with Crippen molar-refractivity contribution in [2.75, 3.05) is 26.2 Å². The van der Waals surface area contributed by atoms with Gasteiger partial charge in [0.15, 0.2) is 0 Å². The fraction of sp³-hybridized carbons (Fsp3) is 0.500. The minimum absolute atomic E-state index is 0.221. The van der Waals surface area contributed by atoms with Gasteiger partial charge in [-0.05, 0) is 18.4 Å². The Balaban J connectivity index is 2.03. The molecule has 1 aromatic rings. The summed E-state index contributed by atoms with van der Waals surface area (Å²) in [6.45, 7) is 7.34. The van der Waals surface area contributed by atoms with Gasteiger partial charge in [0, 0.05) is 37.9 Å². The van der Waals surface area contributed by atoms with Crippen LogP contribution in [0.3, 0.4) is 0 Å². The summed E-state index contributed by atoms with van der Waals surface area (Å²) < 4.78 is 0. The van der Waals surface area contributed by atoms with Crippen molar-refractivity contribution in [3.8, 4) is 0 Å². The quantitative estimate of drug-likeness (QED) is 0.459. The third-order valence-corrected chi connectivity index (χ3v) is 3.19. The smallest absolute Gasteiger partial charge is 0.0340 e. The average molecular weight is 276 g/mol. The summed E-state index contributed by atoms with van der Waals surface area (Å²) in [7, 11) is 0. The summed E-state index contributed by atoms with van der Waals surface area (Å²) in [5.41, 5.74) is 13.6. The zero-order chi connectivity index (χ0) is 14.6. The first kappa shape index (κ1) is 16.7. The summed E-state index contributed by atoms with van der Waals surface area (Å²) in [5.74, 6) is 0. The molecule has 0 fully saturated rings. The molecule has 0 spiro atoms. The number of benzene rings is 1. The zero-order valence-corrected chi connectivity index (χ0v) is 12.3. The Bertz CT molecular complexity index is 364. The number of unbranched alkanes of at least 4 members (excludes halogenated alkanes) is 1. The predicted molar refractivity (Wildman–Crippen MR) is 87.2 cm³/mol. The lowest BCUT2D eigenvalue weighted by Gasteiger charge is -2.13. The van der Waals surface area contributed by atoms with E-state index in [-0.39, 0.29) is 6.04 Å². The van der Waals surface area contributed by atoms with Crippen molar-refractivity contribution in [2.45, 2.75) is 25.3 Å². The highest BCUT2D eigenvalue weighted by molar-refractivity contribution is 5.61. The van der Waals surface area contributed by atoms with Gasteiger partial charge in [0.1, 0.15) is 0 Å². The van der Waals surface area contributed by atoms with Crippen LogP contribution in [0.1, 0.15) is 24.8 Å². The van der Waals surface area contributed by atoms with Gasteiger partial charge >= 0.3 is 0 Å². The van der Waals surface area contributed by atoms with Crippen LogP contribution < -0.4 is 22.1 Å². The van der Waals surface area contributed by atoms with E-state index in [2.05, 4.69) is 29.3 Å². The zero-order valence-electron chi connectivity index (χ0n) is 12.3. The largest absolute Gasteiger partial charge is 0.385 e. The van der Waals surface area contributed by atoms with Gasteiger partial charge in [0.05, 0.1) is 0 Å². The molecule has 0 aliphatic heterocycles. The van der Waals surface area contributed by atoms with E-state index in [4.69, 9.17) is 11.5 Å². The van der Waals surface area contributed by atoms with Crippen molar-refractivity contribution < 1.29 is 0 Å². The van der Waals surface area contributed by atoms with Gasteiger partial charge in [0.2, 0.25) is 0 Å². The van der Waals surface area contributed by atoms with E-state index in [1.807, 2.05) is 18.2 Å². The first-order valence-electron chi connectivity index (χ1n) is 7.38. The maximum atomic E-state index is 6.01. The second kappa shape index (κ2) is 10.4. The van der Waals surface area contributed by atoms with E-state index in [1.54, 1.807) is 0 Å². The predicted octanol–water partition coefficient (Wildman–Crippen LogP) is 1.29. The molecule has 20 heavy (non-hydrogen) atoms. The molecule has 0 unspecified atom stereocenters. The first-order chi connectivity index (χ1) is 9.74. The van der Waals surface area contributed by atoms with Crippen LogP contribution in [0.5, 0.6) is 0 Å². The Labute approximate surface area is 122 Å². The maximum Gasteiger partial charge on any atom is 0.0340 e. The summed E-state index contributed by atoms with van der Waals surface area (Å²) in [6, 6.07) is 10.4. The average Bonchev–Trinajstić information content (AvgIpc) is 2.48. The van der Waals surface area contributed by atoms with E-state index in [9.17, 15) is 0 Å². The molecule has 1 rings (SSSR count). The molecule has 0 radical (unpaired) electrons. The van der Waals surface area contributed by atoms with Gasteiger partial charge in [-0.1, -0.05) is 43.3 Å². The molecule has 0 aliphatic carbocycles. The fourth-order valence-electron chi connectivity index (χ4n) is 2.00. The molecule has 0 aromatic heterocycles. The van der Waals surface area contributed by atoms with Gasteiger partial charge in [-0.3, -0.25) is 0 Å². The van der Waals surface area contributed by atoms with E-state index >= 15 is 0 Å². The molecule has 0 heterocycles. The third-order valence-electron chi connectivity index (χ3n) is 3.19. The second-order valence-corrected chi connectivity index (χ2v) is 5.02. The molecular formula is C16H28N4. The molecule has 6 N–H and O–H groups in total. The molecular weight excluding hydrogens is 248 g/mol. The van der Waals surface area contributed by atoms with Gasteiger partial charge < -0.3 is 22.1 Å². The van der Waals surface area contributed by atoms with Crippen molar-refractivity contribution in [1.82, 2.24) is 10.6 Å². The Morgan fingerprint density at radius 1 is 1.15 bits per heavy atom. The van der Waals surface area contributed by atoms with Crippen LogP contribution in [0.4, 0.5) is 0 Å². The van der Waals surface area contributed by atoms with E-state index in [1.165, 1.54) is 0 Å². The molecule has 112 valence electrons. The molecule has 0 saturated carbocycles. The van der Waals surface area contributed by atoms with E-state index < -0.39 is 0 Å². The third kappa shape index (κ3) is 7.28. The molecule has 1 aromatic carbocycles. The Morgan fingerprint density at radius 3 is 2.60 bits per heavy atom. The van der Waals surface area contributed by atoms with Crippen LogP contribution in [0.15, 0.2) is 36.9 Å². The van der Waals surface area contributed by atoms with Crippen molar-refractivity contribution in [3.05, 3.63) is 42.5 Å². The second-order valence-electron chi connectivity index (χ2n) is 5.02. The lowest BCUT2D eigenvalue weighted by molar-refractivity contribution is 0.519. The standard InChI is InChI=1S/C16H28N4/c1-14(15-7-3-2-4-8-15)20-11-6-5-9-16(18)13-19-12-10-17/h2-4,7-8,16,19-20H,1,5-6,9-13,17-18H2/t16-/m0/s1. The van der Waals surface area contributed by atoms with Crippen LogP contribution in [0.2, 0.25) is 0 Å². The van der Waals surface area contributed by atoms with Crippen LogP contribution in [0, 0.1) is 0 Å². The van der Waals surface area contributed by atoms with Gasteiger partial charge in [-0.25, -0.2) is 0 Å². The van der Waals surface area contributed by atoms with Crippen molar-refractivity contribution >= 4 is 5.70 Å². The normalized spacial score (nSPS) is 12.1. The Kier molecular flexibility index (Phi) is 8.71. The summed E-state index contributed by atoms with van der Waals surface area (Å²) in [5, 5.41) is 6.59. The highest BCUT2D eigenvalue weighted by atomic mass is 14.9. The number of nitrogens with one attached hydrogen (secondary N) is 2. The molecule has 0 saturated heterocycles. The summed E-state index contributed by atoms with van der Waals surface area (Å²) >= 11 is 0. The summed E-state index contributed by atoms with van der Waals surface area (Å²) in [6.07, 6.45) is 3.27. The van der Waals surface area contributed by atoms with Crippen LogP contribution >= 0.6 is 0 Å². The minimum atomic E-state index is 0.221. The van der Waals surface area contributed by atoms with Crippen LogP contribution in [0.25, 0.3) is 5.70 Å². The van der Waals surface area contributed by atoms with Gasteiger partial charge in [-0.2, -0.15) is 0 Å². The topological polar surface area (TPSA) is 76.1 Å². The SMILES string of the molecule is C=C(NCCCC[C@H](N)CNCCN)c1ccccc1. The van der Waals surface area contributed by atoms with Crippen molar-refractivity contribution in [3.63, 3.8) is 0 Å². The van der Waals surface area contributed by atoms with Crippen LogP contribution in [-0.2, 0) is 0 Å². The highest BCUT2D eigenvalue weighted by Gasteiger charge is 2.01. The summed E-state index contributed by atoms with van der Waals surface area (Å²) in [4.78, 5) is 0. The van der Waals surface area contributed by atoms with Crippen molar-refractivity contribution in [2.24, 2.45) is 11.5 Å². The van der Waals surface area contributed by atoms with Gasteiger partial charge in [-0.15, -0.1) is 0 Å². The minimum Gasteiger partial charge on any atom is -0.385 e. The Hall–Kier alpha value is -1.36. The molecule has 0 aliphatic rings. The van der Waals surface area contributed by atoms with E-state index in [0.29, 0.717) is 6.54 Å². The lowest BCUT2D eigenvalue weighted by Crippen LogP contribution is -2.36. The fourth-order valence-corrected chi connectivity index (χ4v) is 2.00. The van der Waals surface area contributed by atoms with Crippen LogP contribution in [-0.4, -0.2) is 32.2 Å². The monoisotopic (exact) mass is 276 g/mol. The molecule has 0 bridgehead atoms. The Morgan fingerprint density at radius 2 is 1.90 bits per heavy atom. The lowest BCUT2D eigenvalue weighted by atomic mass is 10.1. The molecule has 4 nitrogen and oxygen atoms in total. The number of rotatable bonds is 11. The number of hydrogen-bond donors (Lipinski definition) is 4. The number of nitrogens with two attached hydrogens (primary N) is 2. The van der Waals surface area contributed by atoms with Crippen molar-refractivity contribution in [1.29, 1.82) is 0 Å². The number of hydrogen-bond acceptors (Lipinski definition) is 4. The first-order valence-corrected chi connectivity index (χ1v) is 7.38. The van der Waals surface area contributed by atoms with Gasteiger partial charge in [0.25, 0.3) is 0 Å². The highest BCUT2D eigenvalue weighted by Crippen LogP contribution is 2.08. The molecule has 0 amide bonds. The maximum absolute atomic E-state index is 6.01. The molecule has 1 atom stereocenters.